The van der Waals surface area contributed by atoms with Crippen LogP contribution in [0.3, 0.4) is 0 Å². The van der Waals surface area contributed by atoms with Crippen molar-refractivity contribution in [3.05, 3.63) is 41.0 Å². The monoisotopic (exact) mass is 306 g/mol. The molecule has 0 aliphatic carbocycles. The first-order chi connectivity index (χ1) is 11.3. The molecule has 0 unspecified atom stereocenters. The van der Waals surface area contributed by atoms with Crippen LogP contribution < -0.4 is 10.1 Å². The molecule has 0 amide bonds. The summed E-state index contributed by atoms with van der Waals surface area (Å²) in [6, 6.07) is 8.36. The lowest BCUT2D eigenvalue weighted by atomic mass is 9.91. The molecule has 0 saturated heterocycles. The number of rotatable bonds is 1. The average molecular weight is 306 g/mol. The zero-order valence-electron chi connectivity index (χ0n) is 13.1. The number of benzene rings is 2. The molecular weight excluding hydrogens is 288 g/mol. The molecule has 0 saturated carbocycles. The fourth-order valence-electron chi connectivity index (χ4n) is 4.20. The Bertz CT molecular complexity index is 984. The van der Waals surface area contributed by atoms with Crippen LogP contribution in [0, 0.1) is 0 Å². The van der Waals surface area contributed by atoms with Gasteiger partial charge < -0.3 is 10.1 Å². The summed E-state index contributed by atoms with van der Waals surface area (Å²) < 4.78 is 7.35. The van der Waals surface area contributed by atoms with E-state index in [4.69, 9.17) is 4.74 Å². The Labute approximate surface area is 134 Å². The van der Waals surface area contributed by atoms with Gasteiger partial charge in [0, 0.05) is 23.7 Å². The number of carbonyl (C=O) groups is 1. The number of hydrogen-bond acceptors (Lipinski definition) is 3. The van der Waals surface area contributed by atoms with E-state index >= 15 is 0 Å². The third-order valence-electron chi connectivity index (χ3n) is 5.25. The topological polar surface area (TPSA) is 43.3 Å². The van der Waals surface area contributed by atoms with Crippen molar-refractivity contribution in [2.24, 2.45) is 0 Å². The lowest BCUT2D eigenvalue weighted by Gasteiger charge is -2.22. The molecular formula is C19H18N2O2. The van der Waals surface area contributed by atoms with Gasteiger partial charge in [-0.25, -0.2) is 0 Å². The second-order valence-corrected chi connectivity index (χ2v) is 6.44. The highest BCUT2D eigenvalue weighted by Gasteiger charge is 2.27. The van der Waals surface area contributed by atoms with Gasteiger partial charge in [0.25, 0.3) is 0 Å². The normalized spacial score (nSPS) is 16.8. The molecule has 0 radical (unpaired) electrons. The van der Waals surface area contributed by atoms with Gasteiger partial charge in [0.2, 0.25) is 5.91 Å². The molecule has 4 nitrogen and oxygen atoms in total. The zero-order chi connectivity index (χ0) is 15.6. The molecule has 23 heavy (non-hydrogen) atoms. The van der Waals surface area contributed by atoms with Gasteiger partial charge in [-0.05, 0) is 54.3 Å². The number of methoxy groups -OCH3 is 1. The van der Waals surface area contributed by atoms with Gasteiger partial charge in [0.1, 0.15) is 5.75 Å². The predicted molar refractivity (Wildman–Crippen MR) is 90.4 cm³/mol. The van der Waals surface area contributed by atoms with Crippen LogP contribution in [0.5, 0.6) is 5.75 Å². The molecule has 5 rings (SSSR count). The van der Waals surface area contributed by atoms with E-state index in [1.165, 1.54) is 22.1 Å². The summed E-state index contributed by atoms with van der Waals surface area (Å²) in [6.45, 7) is 1.90. The van der Waals surface area contributed by atoms with Gasteiger partial charge in [0.15, 0.2) is 0 Å². The van der Waals surface area contributed by atoms with Crippen molar-refractivity contribution >= 4 is 27.7 Å². The molecule has 116 valence electrons. The van der Waals surface area contributed by atoms with E-state index in [-0.39, 0.29) is 5.91 Å². The molecule has 0 fully saturated rings. The summed E-state index contributed by atoms with van der Waals surface area (Å²) in [5.41, 5.74) is 6.22. The maximum absolute atomic E-state index is 12.6. The Balaban J connectivity index is 2.03. The Morgan fingerprint density at radius 2 is 2.04 bits per heavy atom. The highest BCUT2D eigenvalue weighted by atomic mass is 16.5. The maximum atomic E-state index is 12.6. The molecule has 0 bridgehead atoms. The van der Waals surface area contributed by atoms with Gasteiger partial charge in [-0.2, -0.15) is 0 Å². The number of carbonyl (C=O) groups excluding carboxylic acids is 1. The first-order valence-electron chi connectivity index (χ1n) is 8.17. The van der Waals surface area contributed by atoms with E-state index in [1.807, 2.05) is 16.7 Å². The highest BCUT2D eigenvalue weighted by Crippen LogP contribution is 2.40. The third kappa shape index (κ3) is 1.67. The third-order valence-corrected chi connectivity index (χ3v) is 5.25. The molecule has 3 aromatic rings. The second kappa shape index (κ2) is 4.59. The standard InChI is InChI=1S/C19H18N2O2/c1-23-13-3-4-16-14(9-13)18-15-10-20-7-6-11(15)8-12-2-5-17(22)21(16)19(12)18/h3-4,8-9,20H,2,5-7,10H2,1H3. The summed E-state index contributed by atoms with van der Waals surface area (Å²) in [6.07, 6.45) is 2.50. The lowest BCUT2D eigenvalue weighted by Crippen LogP contribution is -2.25. The SMILES string of the molecule is COc1ccc2c(c1)c1c3c(cc4c1n2C(=O)CC4)CCNC3. The molecule has 2 aliphatic rings. The van der Waals surface area contributed by atoms with Gasteiger partial charge >= 0.3 is 0 Å². The van der Waals surface area contributed by atoms with Crippen molar-refractivity contribution < 1.29 is 9.53 Å². The lowest BCUT2D eigenvalue weighted by molar-refractivity contribution is 0.0908. The summed E-state index contributed by atoms with van der Waals surface area (Å²) in [7, 11) is 1.69. The minimum Gasteiger partial charge on any atom is -0.497 e. The Kier molecular flexibility index (Phi) is 2.62. The van der Waals surface area contributed by atoms with E-state index in [9.17, 15) is 4.79 Å². The van der Waals surface area contributed by atoms with E-state index in [0.717, 1.165) is 48.1 Å². The maximum Gasteiger partial charge on any atom is 0.231 e. The number of hydrogen-bond donors (Lipinski definition) is 1. The van der Waals surface area contributed by atoms with Crippen molar-refractivity contribution in [3.8, 4) is 5.75 Å². The molecule has 1 N–H and O–H groups in total. The Hall–Kier alpha value is -2.33. The highest BCUT2D eigenvalue weighted by molar-refractivity contribution is 6.17. The number of aryl methyl sites for hydroxylation is 1. The molecule has 0 spiro atoms. The van der Waals surface area contributed by atoms with Crippen LogP contribution in [0.15, 0.2) is 24.3 Å². The summed E-state index contributed by atoms with van der Waals surface area (Å²) in [4.78, 5) is 12.6. The molecule has 2 aromatic carbocycles. The fraction of sp³-hybridized carbons (Fsp3) is 0.316. The number of nitrogens with one attached hydrogen (secondary N) is 1. The minimum atomic E-state index is 0.200. The first kappa shape index (κ1) is 13.1. The summed E-state index contributed by atoms with van der Waals surface area (Å²) in [5.74, 6) is 1.04. The van der Waals surface area contributed by atoms with Crippen LogP contribution in [-0.4, -0.2) is 24.1 Å². The van der Waals surface area contributed by atoms with Crippen LogP contribution in [-0.2, 0) is 19.4 Å². The van der Waals surface area contributed by atoms with Crippen LogP contribution >= 0.6 is 0 Å². The van der Waals surface area contributed by atoms with E-state index in [2.05, 4.69) is 17.4 Å². The van der Waals surface area contributed by atoms with Crippen molar-refractivity contribution in [3.63, 3.8) is 0 Å². The Morgan fingerprint density at radius 3 is 2.91 bits per heavy atom. The van der Waals surface area contributed by atoms with Gasteiger partial charge in [-0.1, -0.05) is 6.07 Å². The summed E-state index contributed by atoms with van der Waals surface area (Å²) >= 11 is 0. The fourth-order valence-corrected chi connectivity index (χ4v) is 4.20. The number of nitrogens with zero attached hydrogens (tertiary/aromatic N) is 1. The molecule has 4 heteroatoms. The van der Waals surface area contributed by atoms with E-state index in [1.54, 1.807) is 7.11 Å². The predicted octanol–water partition coefficient (Wildman–Crippen LogP) is 3.04. The van der Waals surface area contributed by atoms with Crippen molar-refractivity contribution in [2.75, 3.05) is 13.7 Å². The van der Waals surface area contributed by atoms with Crippen molar-refractivity contribution in [1.82, 2.24) is 9.88 Å². The van der Waals surface area contributed by atoms with Crippen molar-refractivity contribution in [1.29, 1.82) is 0 Å². The van der Waals surface area contributed by atoms with Crippen molar-refractivity contribution in [2.45, 2.75) is 25.8 Å². The Morgan fingerprint density at radius 1 is 1.13 bits per heavy atom. The molecule has 3 heterocycles. The van der Waals surface area contributed by atoms with E-state index in [0.29, 0.717) is 6.42 Å². The first-order valence-corrected chi connectivity index (χ1v) is 8.17. The second-order valence-electron chi connectivity index (χ2n) is 6.44. The zero-order valence-corrected chi connectivity index (χ0v) is 13.1. The van der Waals surface area contributed by atoms with Crippen LogP contribution in [0.2, 0.25) is 0 Å². The molecule has 2 aliphatic heterocycles. The van der Waals surface area contributed by atoms with Gasteiger partial charge in [-0.3, -0.25) is 9.36 Å². The molecule has 0 atom stereocenters. The van der Waals surface area contributed by atoms with E-state index < -0.39 is 0 Å². The quantitative estimate of drug-likeness (QED) is 0.751. The smallest absolute Gasteiger partial charge is 0.231 e. The molecule has 1 aromatic heterocycles. The van der Waals surface area contributed by atoms with Gasteiger partial charge in [0.05, 0.1) is 18.1 Å². The average Bonchev–Trinajstić information content (AvgIpc) is 2.94. The number of fused-ring (bicyclic) bond motifs is 5. The number of aromatic nitrogens is 1. The minimum absolute atomic E-state index is 0.200. The largest absolute Gasteiger partial charge is 0.497 e. The number of ether oxygens (including phenoxy) is 1. The van der Waals surface area contributed by atoms with Gasteiger partial charge in [-0.15, -0.1) is 0 Å². The summed E-state index contributed by atoms with van der Waals surface area (Å²) in [5, 5.41) is 5.85. The van der Waals surface area contributed by atoms with Crippen LogP contribution in [0.1, 0.15) is 27.9 Å². The van der Waals surface area contributed by atoms with Crippen LogP contribution in [0.25, 0.3) is 21.8 Å². The van der Waals surface area contributed by atoms with Crippen LogP contribution in [0.4, 0.5) is 0 Å².